The first-order valence-electron chi connectivity index (χ1n) is 16.5. The zero-order valence-corrected chi connectivity index (χ0v) is 25.8. The Labute approximate surface area is 245 Å². The van der Waals surface area contributed by atoms with Crippen molar-refractivity contribution in [2.75, 3.05) is 13.2 Å². The van der Waals surface area contributed by atoms with Crippen LogP contribution in [0.5, 0.6) is 0 Å². The van der Waals surface area contributed by atoms with Crippen molar-refractivity contribution in [3.8, 4) is 0 Å². The molecule has 1 amide bonds. The molecule has 0 aliphatic heterocycles. The average Bonchev–Trinajstić information content (AvgIpc) is 2.95. The van der Waals surface area contributed by atoms with Crippen molar-refractivity contribution in [1.82, 2.24) is 5.06 Å². The molecule has 0 fully saturated rings. The second kappa shape index (κ2) is 25.8. The van der Waals surface area contributed by atoms with E-state index in [1.807, 2.05) is 24.3 Å². The molecule has 228 valence electrons. The van der Waals surface area contributed by atoms with Crippen molar-refractivity contribution in [2.45, 2.75) is 149 Å². The number of nitrogens with zero attached hydrogens (tertiary/aromatic N) is 1. The fourth-order valence-electron chi connectivity index (χ4n) is 4.86. The summed E-state index contributed by atoms with van der Waals surface area (Å²) in [5.41, 5.74) is 1.65. The number of carbonyl (C=O) groups excluding carboxylic acids is 1. The number of benzene rings is 1. The maximum Gasteiger partial charge on any atom is 0.303 e. The summed E-state index contributed by atoms with van der Waals surface area (Å²) < 4.78 is 0. The Kier molecular flexibility index (Phi) is 23.1. The van der Waals surface area contributed by atoms with Gasteiger partial charge in [0.15, 0.2) is 0 Å². The Hall–Kier alpha value is -2.14. The van der Waals surface area contributed by atoms with Gasteiger partial charge in [-0.15, -0.1) is 0 Å². The van der Waals surface area contributed by atoms with E-state index in [-0.39, 0.29) is 18.9 Å². The summed E-state index contributed by atoms with van der Waals surface area (Å²) in [7, 11) is 0. The van der Waals surface area contributed by atoms with E-state index in [4.69, 9.17) is 9.94 Å². The molecule has 40 heavy (non-hydrogen) atoms. The summed E-state index contributed by atoms with van der Waals surface area (Å²) in [6.45, 7) is 5.18. The molecule has 0 saturated heterocycles. The molecule has 0 aliphatic rings. The third-order valence-corrected chi connectivity index (χ3v) is 7.42. The van der Waals surface area contributed by atoms with Crippen molar-refractivity contribution >= 4 is 18.0 Å². The maximum atomic E-state index is 13.0. The van der Waals surface area contributed by atoms with Gasteiger partial charge in [0.1, 0.15) is 0 Å². The Morgan fingerprint density at radius 3 is 1.73 bits per heavy atom. The largest absolute Gasteiger partial charge is 0.481 e. The third-order valence-electron chi connectivity index (χ3n) is 7.42. The van der Waals surface area contributed by atoms with Crippen LogP contribution in [-0.4, -0.2) is 35.2 Å². The van der Waals surface area contributed by atoms with Crippen LogP contribution in [0.25, 0.3) is 6.08 Å². The molecule has 1 aromatic rings. The van der Waals surface area contributed by atoms with Gasteiger partial charge in [0.25, 0.3) is 5.91 Å². The first-order chi connectivity index (χ1) is 19.6. The molecule has 0 bridgehead atoms. The van der Waals surface area contributed by atoms with Crippen molar-refractivity contribution < 1.29 is 19.5 Å². The number of rotatable bonds is 27. The summed E-state index contributed by atoms with van der Waals surface area (Å²) >= 11 is 0. The van der Waals surface area contributed by atoms with Crippen LogP contribution >= 0.6 is 0 Å². The van der Waals surface area contributed by atoms with Gasteiger partial charge in [0, 0.05) is 18.5 Å². The molecule has 1 rings (SSSR count). The van der Waals surface area contributed by atoms with Gasteiger partial charge in [-0.3, -0.25) is 14.4 Å². The minimum atomic E-state index is -0.861. The van der Waals surface area contributed by atoms with Crippen molar-refractivity contribution in [1.29, 1.82) is 0 Å². The van der Waals surface area contributed by atoms with Gasteiger partial charge in [-0.1, -0.05) is 141 Å². The number of carboxylic acid groups (broad SMARTS) is 1. The Morgan fingerprint density at radius 1 is 0.700 bits per heavy atom. The van der Waals surface area contributed by atoms with E-state index in [9.17, 15) is 9.59 Å². The minimum Gasteiger partial charge on any atom is -0.481 e. The predicted molar refractivity (Wildman–Crippen MR) is 168 cm³/mol. The fraction of sp³-hybridized carbons (Fsp3) is 0.714. The molecule has 5 heteroatoms. The van der Waals surface area contributed by atoms with E-state index < -0.39 is 5.97 Å². The highest BCUT2D eigenvalue weighted by molar-refractivity contribution is 5.93. The number of allylic oxidation sites excluding steroid dienone is 1. The molecular formula is C35H59NO4. The van der Waals surface area contributed by atoms with E-state index in [0.29, 0.717) is 18.6 Å². The lowest BCUT2D eigenvalue weighted by Crippen LogP contribution is -2.33. The molecule has 0 heterocycles. The van der Waals surface area contributed by atoms with Crippen molar-refractivity contribution in [3.05, 3.63) is 41.5 Å². The van der Waals surface area contributed by atoms with Gasteiger partial charge < -0.3 is 5.11 Å². The van der Waals surface area contributed by atoms with Crippen molar-refractivity contribution in [2.24, 2.45) is 0 Å². The lowest BCUT2D eigenvalue weighted by atomic mass is 10.0. The Bertz CT molecular complexity index is 774. The molecule has 5 nitrogen and oxygen atoms in total. The normalized spacial score (nSPS) is 11.3. The van der Waals surface area contributed by atoms with Crippen LogP contribution in [0.2, 0.25) is 0 Å². The van der Waals surface area contributed by atoms with Crippen LogP contribution in [0.15, 0.2) is 30.3 Å². The number of carboxylic acids is 1. The smallest absolute Gasteiger partial charge is 0.303 e. The first-order valence-corrected chi connectivity index (χ1v) is 16.5. The van der Waals surface area contributed by atoms with E-state index in [1.165, 1.54) is 95.0 Å². The minimum absolute atomic E-state index is 0.0199. The molecular weight excluding hydrogens is 498 g/mol. The summed E-state index contributed by atoms with van der Waals surface area (Å²) in [5, 5.41) is 10.3. The van der Waals surface area contributed by atoms with E-state index in [0.717, 1.165) is 37.7 Å². The summed E-state index contributed by atoms with van der Waals surface area (Å²) in [6.07, 6.45) is 29.4. The number of carbonyl (C=O) groups is 2. The fourth-order valence-corrected chi connectivity index (χ4v) is 4.86. The lowest BCUT2D eigenvalue weighted by Gasteiger charge is -2.22. The molecule has 0 unspecified atom stereocenters. The predicted octanol–water partition coefficient (Wildman–Crippen LogP) is 10.4. The average molecular weight is 558 g/mol. The van der Waals surface area contributed by atoms with Gasteiger partial charge >= 0.3 is 5.97 Å². The first kappa shape index (κ1) is 35.9. The van der Waals surface area contributed by atoms with Crippen molar-refractivity contribution in [3.63, 3.8) is 0 Å². The Morgan fingerprint density at radius 2 is 1.20 bits per heavy atom. The van der Waals surface area contributed by atoms with Crippen LogP contribution in [0.3, 0.4) is 0 Å². The van der Waals surface area contributed by atoms with Gasteiger partial charge in [-0.25, -0.2) is 5.06 Å². The van der Waals surface area contributed by atoms with Gasteiger partial charge in [0.05, 0.1) is 6.61 Å². The molecule has 0 aliphatic carbocycles. The number of aliphatic carboxylic acids is 1. The van der Waals surface area contributed by atoms with E-state index in [2.05, 4.69) is 26.0 Å². The molecule has 1 N–H and O–H groups in total. The van der Waals surface area contributed by atoms with Crippen LogP contribution in [0.4, 0.5) is 0 Å². The summed E-state index contributed by atoms with van der Waals surface area (Å²) in [5.74, 6) is -1.07. The molecule has 0 radical (unpaired) electrons. The molecule has 0 atom stereocenters. The molecule has 0 saturated carbocycles. The summed E-state index contributed by atoms with van der Waals surface area (Å²) in [6, 6.07) is 7.59. The quantitative estimate of drug-likeness (QED) is 0.0863. The Balaban J connectivity index is 2.24. The second-order valence-electron chi connectivity index (χ2n) is 11.2. The molecule has 1 aromatic carbocycles. The molecule has 0 spiro atoms. The van der Waals surface area contributed by atoms with Crippen LogP contribution in [0, 0.1) is 0 Å². The second-order valence-corrected chi connectivity index (χ2v) is 11.2. The zero-order chi connectivity index (χ0) is 29.1. The van der Waals surface area contributed by atoms with Gasteiger partial charge in [-0.05, 0) is 43.4 Å². The van der Waals surface area contributed by atoms with Gasteiger partial charge in [-0.2, -0.15) is 0 Å². The number of unbranched alkanes of at least 4 members (excludes halogenated alkanes) is 17. The third kappa shape index (κ3) is 19.8. The van der Waals surface area contributed by atoms with Crippen LogP contribution in [-0.2, 0) is 9.63 Å². The lowest BCUT2D eigenvalue weighted by molar-refractivity contribution is -0.140. The number of hydrogen-bond acceptors (Lipinski definition) is 3. The standard InChI is InChI=1S/C35H59NO4/c1-3-5-7-9-10-11-12-13-14-15-16-17-18-19-20-21-24-32-26-28-33(29-27-32)35(39)36(30-23-25-34(37)38)40-31-22-8-6-4-2/h21,24,26-29H,3-20,22-23,25,30-31H2,1-2H3,(H,37,38). The highest BCUT2D eigenvalue weighted by Crippen LogP contribution is 2.15. The maximum absolute atomic E-state index is 13.0. The highest BCUT2D eigenvalue weighted by atomic mass is 16.7. The summed E-state index contributed by atoms with van der Waals surface area (Å²) in [4.78, 5) is 29.7. The number of amides is 1. The highest BCUT2D eigenvalue weighted by Gasteiger charge is 2.17. The topological polar surface area (TPSA) is 66.8 Å². The van der Waals surface area contributed by atoms with Crippen LogP contribution in [0.1, 0.15) is 165 Å². The number of hydroxylamine groups is 2. The zero-order valence-electron chi connectivity index (χ0n) is 25.8. The van der Waals surface area contributed by atoms with Crippen LogP contribution < -0.4 is 0 Å². The van der Waals surface area contributed by atoms with E-state index >= 15 is 0 Å². The SMILES string of the molecule is CCCCCCCCCCCCCCCCC=Cc1ccc(C(=O)N(CCCC(=O)O)OCCCCCC)cc1. The van der Waals surface area contributed by atoms with Gasteiger partial charge in [0.2, 0.25) is 0 Å². The molecule has 0 aromatic heterocycles. The number of hydrogen-bond donors (Lipinski definition) is 1. The monoisotopic (exact) mass is 557 g/mol. The van der Waals surface area contributed by atoms with E-state index in [1.54, 1.807) is 0 Å².